The molecule has 1 aromatic carbocycles. The summed E-state index contributed by atoms with van der Waals surface area (Å²) in [7, 11) is 0. The average Bonchev–Trinajstić information content (AvgIpc) is 2.91. The Hall–Kier alpha value is -2.28. The zero-order valence-electron chi connectivity index (χ0n) is 14.8. The second-order valence-electron chi connectivity index (χ2n) is 6.54. The van der Waals surface area contributed by atoms with Crippen LogP contribution in [-0.4, -0.2) is 30.7 Å². The van der Waals surface area contributed by atoms with Gasteiger partial charge in [-0.3, -0.25) is 4.99 Å². The number of anilines is 1. The Kier molecular flexibility index (Phi) is 5.24. The van der Waals surface area contributed by atoms with Gasteiger partial charge in [0.2, 0.25) is 0 Å². The van der Waals surface area contributed by atoms with Crippen molar-refractivity contribution in [2.45, 2.75) is 38.5 Å². The van der Waals surface area contributed by atoms with Gasteiger partial charge in [-0.1, -0.05) is 0 Å². The average molecular weight is 372 g/mol. The summed E-state index contributed by atoms with van der Waals surface area (Å²) in [6.45, 7) is 1.98. The lowest BCUT2D eigenvalue weighted by Gasteiger charge is -2.10. The Morgan fingerprint density at radius 3 is 2.88 bits per heavy atom. The number of aromatic nitrogens is 1. The highest BCUT2D eigenvalue weighted by Gasteiger charge is 2.15. The molecular weight excluding hydrogens is 348 g/mol. The number of nitrogens with two attached hydrogens (primary N) is 1. The minimum absolute atomic E-state index is 0.404. The highest BCUT2D eigenvalue weighted by molar-refractivity contribution is 7.11. The molecule has 7 heteroatoms. The SMILES string of the molecule is NC(=NCCc1nc2c(s1)CCCC2)Nc1ccc2c(c1)OCCCO2. The predicted molar refractivity (Wildman–Crippen MR) is 105 cm³/mol. The maximum Gasteiger partial charge on any atom is 0.193 e. The van der Waals surface area contributed by atoms with E-state index in [1.165, 1.54) is 34.8 Å². The maximum atomic E-state index is 6.02. The van der Waals surface area contributed by atoms with E-state index in [4.69, 9.17) is 20.2 Å². The van der Waals surface area contributed by atoms with Crippen LogP contribution >= 0.6 is 11.3 Å². The molecule has 0 saturated heterocycles. The van der Waals surface area contributed by atoms with Gasteiger partial charge in [-0.05, 0) is 37.8 Å². The van der Waals surface area contributed by atoms with Crippen molar-refractivity contribution in [1.29, 1.82) is 0 Å². The first-order valence-corrected chi connectivity index (χ1v) is 10.0. The molecule has 0 radical (unpaired) electrons. The zero-order valence-corrected chi connectivity index (χ0v) is 15.6. The largest absolute Gasteiger partial charge is 0.490 e. The number of benzene rings is 1. The van der Waals surface area contributed by atoms with Gasteiger partial charge in [0.25, 0.3) is 0 Å². The number of hydrogen-bond acceptors (Lipinski definition) is 5. The lowest BCUT2D eigenvalue weighted by Crippen LogP contribution is -2.23. The fraction of sp³-hybridized carbons (Fsp3) is 0.474. The van der Waals surface area contributed by atoms with Gasteiger partial charge in [0.1, 0.15) is 0 Å². The lowest BCUT2D eigenvalue weighted by atomic mass is 10.0. The minimum atomic E-state index is 0.404. The number of fused-ring (bicyclic) bond motifs is 2. The van der Waals surface area contributed by atoms with E-state index < -0.39 is 0 Å². The van der Waals surface area contributed by atoms with Crippen LogP contribution in [-0.2, 0) is 19.3 Å². The minimum Gasteiger partial charge on any atom is -0.490 e. The smallest absolute Gasteiger partial charge is 0.193 e. The molecule has 2 heterocycles. The summed E-state index contributed by atoms with van der Waals surface area (Å²) in [6.07, 6.45) is 6.59. The summed E-state index contributed by atoms with van der Waals surface area (Å²) in [5, 5.41) is 4.29. The number of guanidine groups is 1. The fourth-order valence-electron chi connectivity index (χ4n) is 3.21. The molecule has 0 atom stereocenters. The van der Waals surface area contributed by atoms with Crippen LogP contribution in [0.2, 0.25) is 0 Å². The fourth-order valence-corrected chi connectivity index (χ4v) is 4.36. The molecule has 0 fully saturated rings. The van der Waals surface area contributed by atoms with Crippen molar-refractivity contribution in [3.05, 3.63) is 33.8 Å². The summed E-state index contributed by atoms with van der Waals surface area (Å²) >= 11 is 1.84. The number of aliphatic imine (C=N–C) groups is 1. The summed E-state index contributed by atoms with van der Waals surface area (Å²) in [4.78, 5) is 10.6. The number of ether oxygens (including phenoxy) is 2. The molecule has 3 N–H and O–H groups in total. The van der Waals surface area contributed by atoms with Gasteiger partial charge >= 0.3 is 0 Å². The molecule has 0 amide bonds. The van der Waals surface area contributed by atoms with Crippen LogP contribution in [0.5, 0.6) is 11.5 Å². The third-order valence-electron chi connectivity index (χ3n) is 4.52. The molecule has 0 bridgehead atoms. The predicted octanol–water partition coefficient (Wildman–Crippen LogP) is 3.15. The van der Waals surface area contributed by atoms with E-state index in [9.17, 15) is 0 Å². The molecule has 0 unspecified atom stereocenters. The quantitative estimate of drug-likeness (QED) is 0.636. The standard InChI is InChI=1S/C19H24N4O2S/c20-19(21-9-8-18-23-14-4-1-2-5-17(14)26-18)22-13-6-7-15-16(12-13)25-11-3-10-24-15/h6-7,12H,1-5,8-11H2,(H3,20,21,22). The van der Waals surface area contributed by atoms with Crippen molar-refractivity contribution in [3.63, 3.8) is 0 Å². The van der Waals surface area contributed by atoms with Crippen LogP contribution in [0, 0.1) is 0 Å². The van der Waals surface area contributed by atoms with Crippen molar-refractivity contribution in [2.75, 3.05) is 25.1 Å². The van der Waals surface area contributed by atoms with Crippen LogP contribution in [0.25, 0.3) is 0 Å². The first-order valence-electron chi connectivity index (χ1n) is 9.22. The summed E-state index contributed by atoms with van der Waals surface area (Å²) in [6, 6.07) is 5.72. The van der Waals surface area contributed by atoms with Gasteiger partial charge < -0.3 is 20.5 Å². The molecule has 0 saturated carbocycles. The normalized spacial score (nSPS) is 16.7. The second kappa shape index (κ2) is 7.95. The Balaban J connectivity index is 1.33. The third kappa shape index (κ3) is 4.09. The summed E-state index contributed by atoms with van der Waals surface area (Å²) in [5.41, 5.74) is 8.18. The van der Waals surface area contributed by atoms with E-state index in [0.29, 0.717) is 25.7 Å². The number of nitrogens with zero attached hydrogens (tertiary/aromatic N) is 2. The second-order valence-corrected chi connectivity index (χ2v) is 7.71. The van der Waals surface area contributed by atoms with Crippen LogP contribution in [0.3, 0.4) is 0 Å². The molecule has 1 aliphatic carbocycles. The topological polar surface area (TPSA) is 81.8 Å². The van der Waals surface area contributed by atoms with Gasteiger partial charge in [0.15, 0.2) is 17.5 Å². The molecule has 1 aromatic heterocycles. The summed E-state index contributed by atoms with van der Waals surface area (Å²) < 4.78 is 11.3. The Labute approximate surface area is 157 Å². The molecule has 26 heavy (non-hydrogen) atoms. The highest BCUT2D eigenvalue weighted by Crippen LogP contribution is 2.32. The van der Waals surface area contributed by atoms with Crippen molar-refractivity contribution in [3.8, 4) is 11.5 Å². The van der Waals surface area contributed by atoms with Crippen molar-refractivity contribution < 1.29 is 9.47 Å². The van der Waals surface area contributed by atoms with Crippen molar-refractivity contribution in [1.82, 2.24) is 4.98 Å². The molecule has 138 valence electrons. The highest BCUT2D eigenvalue weighted by atomic mass is 32.1. The number of aryl methyl sites for hydroxylation is 2. The molecule has 6 nitrogen and oxygen atoms in total. The van der Waals surface area contributed by atoms with Gasteiger partial charge in [-0.15, -0.1) is 11.3 Å². The monoisotopic (exact) mass is 372 g/mol. The zero-order chi connectivity index (χ0) is 17.8. The van der Waals surface area contributed by atoms with Gasteiger partial charge in [0, 0.05) is 36.0 Å². The van der Waals surface area contributed by atoms with E-state index in [0.717, 1.165) is 36.4 Å². The first-order chi connectivity index (χ1) is 12.8. The van der Waals surface area contributed by atoms with Crippen molar-refractivity contribution in [2.24, 2.45) is 10.7 Å². The van der Waals surface area contributed by atoms with Crippen molar-refractivity contribution >= 4 is 23.0 Å². The van der Waals surface area contributed by atoms with Crippen LogP contribution < -0.4 is 20.5 Å². The maximum absolute atomic E-state index is 6.02. The molecule has 4 rings (SSSR count). The van der Waals surface area contributed by atoms with Crippen LogP contribution in [0.15, 0.2) is 23.2 Å². The van der Waals surface area contributed by atoms with Crippen LogP contribution in [0.1, 0.15) is 34.8 Å². The first kappa shape index (κ1) is 17.1. The van der Waals surface area contributed by atoms with Crippen LogP contribution in [0.4, 0.5) is 5.69 Å². The molecule has 0 spiro atoms. The van der Waals surface area contributed by atoms with E-state index in [-0.39, 0.29) is 0 Å². The van der Waals surface area contributed by atoms with E-state index in [2.05, 4.69) is 10.3 Å². The van der Waals surface area contributed by atoms with E-state index >= 15 is 0 Å². The van der Waals surface area contributed by atoms with Gasteiger partial charge in [-0.2, -0.15) is 0 Å². The van der Waals surface area contributed by atoms with E-state index in [1.54, 1.807) is 0 Å². The molecule has 2 aromatic rings. The Morgan fingerprint density at radius 1 is 1.15 bits per heavy atom. The third-order valence-corrected chi connectivity index (χ3v) is 5.73. The lowest BCUT2D eigenvalue weighted by molar-refractivity contribution is 0.297. The summed E-state index contributed by atoms with van der Waals surface area (Å²) in [5.74, 6) is 1.92. The Morgan fingerprint density at radius 2 is 2.00 bits per heavy atom. The molecular formula is C19H24N4O2S. The van der Waals surface area contributed by atoms with Gasteiger partial charge in [-0.25, -0.2) is 4.98 Å². The number of nitrogens with one attached hydrogen (secondary N) is 1. The number of thiazole rings is 1. The van der Waals surface area contributed by atoms with E-state index in [1.807, 2.05) is 29.5 Å². The van der Waals surface area contributed by atoms with Gasteiger partial charge in [0.05, 0.1) is 23.9 Å². The Bertz CT molecular complexity index is 779. The molecule has 1 aliphatic heterocycles. The molecule has 2 aliphatic rings. The number of rotatable bonds is 4. The number of hydrogen-bond donors (Lipinski definition) is 2.